The SMILES string of the molecule is CC[C@H](N)C(=O)N1CCCC2CCCCC21. The summed E-state index contributed by atoms with van der Waals surface area (Å²) < 4.78 is 0. The summed E-state index contributed by atoms with van der Waals surface area (Å²) in [4.78, 5) is 14.3. The zero-order chi connectivity index (χ0) is 11.5. The number of fused-ring (bicyclic) bond motifs is 1. The van der Waals surface area contributed by atoms with Gasteiger partial charge in [0.15, 0.2) is 0 Å². The maximum atomic E-state index is 12.2. The van der Waals surface area contributed by atoms with Gasteiger partial charge in [-0.05, 0) is 38.0 Å². The molecule has 92 valence electrons. The number of carbonyl (C=O) groups is 1. The number of nitrogens with zero attached hydrogens (tertiary/aromatic N) is 1. The van der Waals surface area contributed by atoms with Gasteiger partial charge in [0.2, 0.25) is 5.91 Å². The zero-order valence-electron chi connectivity index (χ0n) is 10.3. The van der Waals surface area contributed by atoms with E-state index in [1.54, 1.807) is 0 Å². The van der Waals surface area contributed by atoms with Crippen LogP contribution in [0.2, 0.25) is 0 Å². The van der Waals surface area contributed by atoms with Crippen molar-refractivity contribution in [3.05, 3.63) is 0 Å². The van der Waals surface area contributed by atoms with E-state index >= 15 is 0 Å². The van der Waals surface area contributed by atoms with Crippen molar-refractivity contribution in [3.63, 3.8) is 0 Å². The molecule has 1 amide bonds. The van der Waals surface area contributed by atoms with E-state index in [4.69, 9.17) is 5.73 Å². The molecule has 0 spiro atoms. The third-order valence-corrected chi connectivity index (χ3v) is 4.28. The topological polar surface area (TPSA) is 46.3 Å². The Morgan fingerprint density at radius 3 is 2.75 bits per heavy atom. The van der Waals surface area contributed by atoms with Crippen molar-refractivity contribution in [2.75, 3.05) is 6.54 Å². The first-order chi connectivity index (χ1) is 7.74. The molecule has 1 heterocycles. The van der Waals surface area contributed by atoms with Gasteiger partial charge in [-0.2, -0.15) is 0 Å². The monoisotopic (exact) mass is 224 g/mol. The Bertz CT molecular complexity index is 252. The maximum Gasteiger partial charge on any atom is 0.239 e. The lowest BCUT2D eigenvalue weighted by Crippen LogP contribution is -2.54. The van der Waals surface area contributed by atoms with Crippen LogP contribution in [0.4, 0.5) is 0 Å². The smallest absolute Gasteiger partial charge is 0.239 e. The largest absolute Gasteiger partial charge is 0.338 e. The third kappa shape index (κ3) is 2.24. The Morgan fingerprint density at radius 1 is 1.31 bits per heavy atom. The van der Waals surface area contributed by atoms with Crippen molar-refractivity contribution in [3.8, 4) is 0 Å². The number of likely N-dealkylation sites (tertiary alicyclic amines) is 1. The van der Waals surface area contributed by atoms with Gasteiger partial charge < -0.3 is 10.6 Å². The van der Waals surface area contributed by atoms with Crippen LogP contribution in [0.1, 0.15) is 51.9 Å². The van der Waals surface area contributed by atoms with Gasteiger partial charge in [-0.1, -0.05) is 19.8 Å². The van der Waals surface area contributed by atoms with Gasteiger partial charge in [0, 0.05) is 12.6 Å². The van der Waals surface area contributed by atoms with Crippen LogP contribution >= 0.6 is 0 Å². The minimum absolute atomic E-state index is 0.194. The second kappa shape index (κ2) is 5.17. The number of piperidine rings is 1. The normalized spacial score (nSPS) is 32.0. The van der Waals surface area contributed by atoms with Crippen molar-refractivity contribution >= 4 is 5.91 Å². The van der Waals surface area contributed by atoms with Gasteiger partial charge in [-0.3, -0.25) is 4.79 Å². The minimum atomic E-state index is -0.277. The molecule has 2 unspecified atom stereocenters. The Balaban J connectivity index is 2.04. The highest BCUT2D eigenvalue weighted by Gasteiger charge is 2.36. The van der Waals surface area contributed by atoms with E-state index in [0.29, 0.717) is 6.04 Å². The fourth-order valence-electron chi connectivity index (χ4n) is 3.29. The molecule has 0 aromatic rings. The number of nitrogens with two attached hydrogens (primary N) is 1. The van der Waals surface area contributed by atoms with E-state index in [2.05, 4.69) is 4.90 Å². The standard InChI is InChI=1S/C13H24N2O/c1-2-11(14)13(16)15-9-5-7-10-6-3-4-8-12(10)15/h10-12H,2-9,14H2,1H3/t10?,11-,12?/m0/s1. The fourth-order valence-corrected chi connectivity index (χ4v) is 3.29. The molecule has 1 saturated carbocycles. The molecule has 1 saturated heterocycles. The van der Waals surface area contributed by atoms with Crippen LogP contribution in [0, 0.1) is 5.92 Å². The molecule has 2 fully saturated rings. The van der Waals surface area contributed by atoms with Crippen LogP contribution in [0.15, 0.2) is 0 Å². The summed E-state index contributed by atoms with van der Waals surface area (Å²) in [7, 11) is 0. The van der Waals surface area contributed by atoms with Crippen LogP contribution in [0.25, 0.3) is 0 Å². The molecule has 16 heavy (non-hydrogen) atoms. The number of carbonyl (C=O) groups excluding carboxylic acids is 1. The van der Waals surface area contributed by atoms with E-state index in [1.807, 2.05) is 6.92 Å². The van der Waals surface area contributed by atoms with Gasteiger partial charge >= 0.3 is 0 Å². The summed E-state index contributed by atoms with van der Waals surface area (Å²) in [6, 6.07) is 0.230. The molecule has 0 bridgehead atoms. The lowest BCUT2D eigenvalue weighted by atomic mass is 9.78. The second-order valence-electron chi connectivity index (χ2n) is 5.30. The molecule has 0 aromatic heterocycles. The quantitative estimate of drug-likeness (QED) is 0.778. The fraction of sp³-hybridized carbons (Fsp3) is 0.923. The van der Waals surface area contributed by atoms with Gasteiger partial charge in [-0.25, -0.2) is 0 Å². The Kier molecular flexibility index (Phi) is 3.85. The summed E-state index contributed by atoms with van der Waals surface area (Å²) in [5.74, 6) is 0.953. The highest BCUT2D eigenvalue weighted by molar-refractivity contribution is 5.82. The molecular formula is C13H24N2O. The molecule has 2 N–H and O–H groups in total. The lowest BCUT2D eigenvalue weighted by molar-refractivity contribution is -0.139. The van der Waals surface area contributed by atoms with Crippen molar-refractivity contribution < 1.29 is 4.79 Å². The summed E-state index contributed by atoms with van der Waals surface area (Å²) in [5, 5.41) is 0. The van der Waals surface area contributed by atoms with Crippen molar-refractivity contribution in [1.82, 2.24) is 4.90 Å². The molecule has 2 aliphatic rings. The average Bonchev–Trinajstić information content (AvgIpc) is 2.36. The first-order valence-corrected chi connectivity index (χ1v) is 6.80. The molecule has 3 atom stereocenters. The minimum Gasteiger partial charge on any atom is -0.338 e. The Labute approximate surface area is 98.4 Å². The van der Waals surface area contributed by atoms with E-state index in [-0.39, 0.29) is 11.9 Å². The molecule has 1 aliphatic heterocycles. The van der Waals surface area contributed by atoms with Gasteiger partial charge in [-0.15, -0.1) is 0 Å². The Morgan fingerprint density at radius 2 is 2.00 bits per heavy atom. The van der Waals surface area contributed by atoms with E-state index in [0.717, 1.165) is 18.9 Å². The molecular weight excluding hydrogens is 200 g/mol. The van der Waals surface area contributed by atoms with E-state index in [1.165, 1.54) is 38.5 Å². The van der Waals surface area contributed by atoms with Crippen LogP contribution in [0.5, 0.6) is 0 Å². The van der Waals surface area contributed by atoms with Gasteiger partial charge in [0.25, 0.3) is 0 Å². The molecule has 3 heteroatoms. The average molecular weight is 224 g/mol. The number of hydrogen-bond acceptors (Lipinski definition) is 2. The van der Waals surface area contributed by atoms with Crippen molar-refractivity contribution in [2.45, 2.75) is 64.0 Å². The highest BCUT2D eigenvalue weighted by Crippen LogP contribution is 2.35. The molecule has 3 nitrogen and oxygen atoms in total. The third-order valence-electron chi connectivity index (χ3n) is 4.28. The molecule has 0 radical (unpaired) electrons. The highest BCUT2D eigenvalue weighted by atomic mass is 16.2. The summed E-state index contributed by atoms with van der Waals surface area (Å²) >= 11 is 0. The number of hydrogen-bond donors (Lipinski definition) is 1. The van der Waals surface area contributed by atoms with Crippen LogP contribution in [0.3, 0.4) is 0 Å². The lowest BCUT2D eigenvalue weighted by Gasteiger charge is -2.44. The predicted octanol–water partition coefficient (Wildman–Crippen LogP) is 1.90. The van der Waals surface area contributed by atoms with Crippen molar-refractivity contribution in [1.29, 1.82) is 0 Å². The molecule has 1 aliphatic carbocycles. The zero-order valence-corrected chi connectivity index (χ0v) is 10.3. The first-order valence-electron chi connectivity index (χ1n) is 6.80. The van der Waals surface area contributed by atoms with E-state index in [9.17, 15) is 4.79 Å². The van der Waals surface area contributed by atoms with Crippen LogP contribution in [-0.2, 0) is 4.79 Å². The molecule has 0 aromatic carbocycles. The predicted molar refractivity (Wildman–Crippen MR) is 65.0 cm³/mol. The van der Waals surface area contributed by atoms with Gasteiger partial charge in [0.05, 0.1) is 6.04 Å². The van der Waals surface area contributed by atoms with Crippen LogP contribution < -0.4 is 5.73 Å². The Hall–Kier alpha value is -0.570. The second-order valence-corrected chi connectivity index (χ2v) is 5.30. The maximum absolute atomic E-state index is 12.2. The van der Waals surface area contributed by atoms with Gasteiger partial charge in [0.1, 0.15) is 0 Å². The summed E-state index contributed by atoms with van der Waals surface area (Å²) in [5.41, 5.74) is 5.88. The number of rotatable bonds is 2. The van der Waals surface area contributed by atoms with Crippen molar-refractivity contribution in [2.24, 2.45) is 11.7 Å². The number of amides is 1. The first kappa shape index (κ1) is 11.9. The van der Waals surface area contributed by atoms with E-state index < -0.39 is 0 Å². The summed E-state index contributed by atoms with van der Waals surface area (Å²) in [6.45, 7) is 2.93. The molecule has 2 rings (SSSR count). The van der Waals surface area contributed by atoms with Crippen LogP contribution in [-0.4, -0.2) is 29.4 Å². The summed E-state index contributed by atoms with van der Waals surface area (Å²) in [6.07, 6.45) is 8.39.